The first-order chi connectivity index (χ1) is 13.8. The van der Waals surface area contributed by atoms with Gasteiger partial charge in [-0.15, -0.1) is 0 Å². The van der Waals surface area contributed by atoms with Gasteiger partial charge in [-0.05, 0) is 66.6 Å². The number of amides is 1. The molecule has 0 atom stereocenters. The summed E-state index contributed by atoms with van der Waals surface area (Å²) in [6.07, 6.45) is 4.30. The number of aryl methyl sites for hydroxylation is 2. The van der Waals surface area contributed by atoms with Crippen molar-refractivity contribution in [3.63, 3.8) is 0 Å². The third kappa shape index (κ3) is 5.81. The van der Waals surface area contributed by atoms with Gasteiger partial charge >= 0.3 is 0 Å². The van der Waals surface area contributed by atoms with Gasteiger partial charge < -0.3 is 10.2 Å². The van der Waals surface area contributed by atoms with E-state index in [1.54, 1.807) is 12.1 Å². The Morgan fingerprint density at radius 3 is 2.38 bits per heavy atom. The molecule has 0 saturated carbocycles. The van der Waals surface area contributed by atoms with Gasteiger partial charge in [-0.3, -0.25) is 4.79 Å². The van der Waals surface area contributed by atoms with E-state index in [9.17, 15) is 13.2 Å². The second-order valence-electron chi connectivity index (χ2n) is 7.62. The Morgan fingerprint density at radius 1 is 1.00 bits per heavy atom. The predicted octanol–water partition coefficient (Wildman–Crippen LogP) is 2.62. The second kappa shape index (κ2) is 9.41. The maximum atomic E-state index is 12.5. The highest BCUT2D eigenvalue weighted by atomic mass is 32.2. The Hall–Kier alpha value is -2.38. The minimum Gasteiger partial charge on any atom is -0.378 e. The van der Waals surface area contributed by atoms with Crippen LogP contribution < -0.4 is 14.9 Å². The van der Waals surface area contributed by atoms with E-state index in [2.05, 4.69) is 10.0 Å². The van der Waals surface area contributed by atoms with Crippen molar-refractivity contribution in [2.75, 3.05) is 25.5 Å². The number of hydrogen-bond acceptors (Lipinski definition) is 4. The molecule has 2 aromatic carbocycles. The molecule has 6 nitrogen and oxygen atoms in total. The molecule has 2 aromatic rings. The molecule has 1 aliphatic rings. The Balaban J connectivity index is 1.46. The molecule has 0 aliphatic heterocycles. The van der Waals surface area contributed by atoms with Crippen LogP contribution in [0.15, 0.2) is 47.4 Å². The van der Waals surface area contributed by atoms with Gasteiger partial charge in [0, 0.05) is 39.3 Å². The van der Waals surface area contributed by atoms with E-state index in [1.165, 1.54) is 5.56 Å². The number of hydrogen-bond donors (Lipinski definition) is 2. The first-order valence-corrected chi connectivity index (χ1v) is 11.5. The van der Waals surface area contributed by atoms with Crippen LogP contribution in [-0.2, 0) is 34.2 Å². The molecule has 29 heavy (non-hydrogen) atoms. The fourth-order valence-corrected chi connectivity index (χ4v) is 4.54. The molecular formula is C22H29N3O3S. The van der Waals surface area contributed by atoms with Crippen molar-refractivity contribution in [1.29, 1.82) is 0 Å². The van der Waals surface area contributed by atoms with Crippen LogP contribution in [0.4, 0.5) is 5.69 Å². The van der Waals surface area contributed by atoms with Crippen molar-refractivity contribution in [2.45, 2.75) is 43.5 Å². The number of benzene rings is 2. The van der Waals surface area contributed by atoms with Crippen LogP contribution in [0.1, 0.15) is 36.0 Å². The highest BCUT2D eigenvalue weighted by Gasteiger charge is 2.17. The minimum absolute atomic E-state index is 0.0742. The molecule has 0 aromatic heterocycles. The van der Waals surface area contributed by atoms with Gasteiger partial charge in [0.25, 0.3) is 0 Å². The first-order valence-electron chi connectivity index (χ1n) is 9.99. The molecule has 3 rings (SSSR count). The molecule has 0 bridgehead atoms. The summed E-state index contributed by atoms with van der Waals surface area (Å²) >= 11 is 0. The quantitative estimate of drug-likeness (QED) is 0.695. The molecule has 156 valence electrons. The van der Waals surface area contributed by atoms with E-state index in [-0.39, 0.29) is 23.8 Å². The number of sulfonamides is 1. The zero-order valence-electron chi connectivity index (χ0n) is 17.1. The molecule has 0 heterocycles. The van der Waals surface area contributed by atoms with Gasteiger partial charge in [-0.2, -0.15) is 0 Å². The van der Waals surface area contributed by atoms with Crippen molar-refractivity contribution in [3.8, 4) is 0 Å². The third-order valence-corrected chi connectivity index (χ3v) is 6.68. The van der Waals surface area contributed by atoms with Gasteiger partial charge in [0.05, 0.1) is 4.90 Å². The lowest BCUT2D eigenvalue weighted by Gasteiger charge is -2.16. The van der Waals surface area contributed by atoms with E-state index in [4.69, 9.17) is 0 Å². The smallest absolute Gasteiger partial charge is 0.240 e. The highest BCUT2D eigenvalue weighted by Crippen LogP contribution is 2.24. The van der Waals surface area contributed by atoms with Gasteiger partial charge in [0.2, 0.25) is 15.9 Å². The number of carbonyl (C=O) groups excluding carboxylic acids is 1. The molecule has 0 saturated heterocycles. The Kier molecular flexibility index (Phi) is 6.92. The van der Waals surface area contributed by atoms with Crippen molar-refractivity contribution >= 4 is 21.6 Å². The van der Waals surface area contributed by atoms with Crippen molar-refractivity contribution in [2.24, 2.45) is 0 Å². The Morgan fingerprint density at radius 2 is 1.69 bits per heavy atom. The van der Waals surface area contributed by atoms with Crippen molar-refractivity contribution in [1.82, 2.24) is 10.0 Å². The standard InChI is InChI=1S/C22H29N3O3S/c1-25(2)20-10-7-17(8-11-20)16-23-22(26)13-14-24-29(27,28)21-12-9-18-5-3-4-6-19(18)15-21/h7-12,15,24H,3-6,13-14,16H2,1-2H3,(H,23,26). The second-order valence-corrected chi connectivity index (χ2v) is 9.39. The lowest BCUT2D eigenvalue weighted by Crippen LogP contribution is -2.30. The molecular weight excluding hydrogens is 386 g/mol. The number of nitrogens with one attached hydrogen (secondary N) is 2. The topological polar surface area (TPSA) is 78.5 Å². The van der Waals surface area contributed by atoms with E-state index in [0.29, 0.717) is 6.54 Å². The zero-order chi connectivity index (χ0) is 20.9. The maximum absolute atomic E-state index is 12.5. The number of rotatable bonds is 8. The van der Waals surface area contributed by atoms with Crippen LogP contribution in [0, 0.1) is 0 Å². The minimum atomic E-state index is -3.60. The first kappa shape index (κ1) is 21.3. The summed E-state index contributed by atoms with van der Waals surface area (Å²) in [6, 6.07) is 13.3. The van der Waals surface area contributed by atoms with Crippen LogP contribution in [0.5, 0.6) is 0 Å². The fourth-order valence-electron chi connectivity index (χ4n) is 3.46. The van der Waals surface area contributed by atoms with Gasteiger partial charge in [0.15, 0.2) is 0 Å². The van der Waals surface area contributed by atoms with E-state index in [1.807, 2.05) is 49.3 Å². The summed E-state index contributed by atoms with van der Waals surface area (Å²) < 4.78 is 27.6. The van der Waals surface area contributed by atoms with Crippen LogP contribution in [0.3, 0.4) is 0 Å². The summed E-state index contributed by atoms with van der Waals surface area (Å²) in [6.45, 7) is 0.495. The molecule has 0 spiro atoms. The third-order valence-electron chi connectivity index (χ3n) is 5.22. The lowest BCUT2D eigenvalue weighted by atomic mass is 9.92. The molecule has 2 N–H and O–H groups in total. The van der Waals surface area contributed by atoms with E-state index in [0.717, 1.165) is 42.5 Å². The van der Waals surface area contributed by atoms with Crippen LogP contribution in [0.25, 0.3) is 0 Å². The van der Waals surface area contributed by atoms with Crippen molar-refractivity contribution < 1.29 is 13.2 Å². The monoisotopic (exact) mass is 415 g/mol. The van der Waals surface area contributed by atoms with E-state index < -0.39 is 10.0 Å². The van der Waals surface area contributed by atoms with Crippen LogP contribution in [0.2, 0.25) is 0 Å². The summed E-state index contributed by atoms with van der Waals surface area (Å²) in [4.78, 5) is 14.3. The molecule has 0 radical (unpaired) electrons. The summed E-state index contributed by atoms with van der Waals surface area (Å²) in [7, 11) is 0.344. The molecule has 0 fully saturated rings. The van der Waals surface area contributed by atoms with Gasteiger partial charge in [0.1, 0.15) is 0 Å². The molecule has 7 heteroatoms. The molecule has 0 unspecified atom stereocenters. The van der Waals surface area contributed by atoms with Gasteiger partial charge in [-0.1, -0.05) is 18.2 Å². The maximum Gasteiger partial charge on any atom is 0.240 e. The summed E-state index contributed by atoms with van der Waals surface area (Å²) in [5, 5.41) is 2.83. The molecule has 1 amide bonds. The average Bonchev–Trinajstić information content (AvgIpc) is 2.72. The number of nitrogens with zero attached hydrogens (tertiary/aromatic N) is 1. The van der Waals surface area contributed by atoms with E-state index >= 15 is 0 Å². The predicted molar refractivity (Wildman–Crippen MR) is 116 cm³/mol. The Labute approximate surface area is 173 Å². The van der Waals surface area contributed by atoms with Crippen LogP contribution >= 0.6 is 0 Å². The molecule has 1 aliphatic carbocycles. The number of carbonyl (C=O) groups is 1. The summed E-state index contributed by atoms with van der Waals surface area (Å²) in [5.74, 6) is -0.185. The zero-order valence-corrected chi connectivity index (χ0v) is 17.9. The average molecular weight is 416 g/mol. The SMILES string of the molecule is CN(C)c1ccc(CNC(=O)CCNS(=O)(=O)c2ccc3c(c2)CCCC3)cc1. The fraction of sp³-hybridized carbons (Fsp3) is 0.409. The number of fused-ring (bicyclic) bond motifs is 1. The van der Waals surface area contributed by atoms with Gasteiger partial charge in [-0.25, -0.2) is 13.1 Å². The Bertz CT molecular complexity index is 954. The lowest BCUT2D eigenvalue weighted by molar-refractivity contribution is -0.121. The normalized spacial score (nSPS) is 13.6. The highest BCUT2D eigenvalue weighted by molar-refractivity contribution is 7.89. The number of anilines is 1. The van der Waals surface area contributed by atoms with Crippen molar-refractivity contribution in [3.05, 3.63) is 59.2 Å². The largest absolute Gasteiger partial charge is 0.378 e. The van der Waals surface area contributed by atoms with Crippen LogP contribution in [-0.4, -0.2) is 35.0 Å². The summed E-state index contributed by atoms with van der Waals surface area (Å²) in [5.41, 5.74) is 4.46.